The van der Waals surface area contributed by atoms with E-state index in [1.165, 1.54) is 5.56 Å². The largest absolute Gasteiger partial charge is 0.481 e. The first-order valence-electron chi connectivity index (χ1n) is 6.93. The van der Waals surface area contributed by atoms with Gasteiger partial charge in [-0.2, -0.15) is 0 Å². The van der Waals surface area contributed by atoms with Crippen molar-refractivity contribution in [3.63, 3.8) is 0 Å². The summed E-state index contributed by atoms with van der Waals surface area (Å²) < 4.78 is 0. The molecule has 2 aromatic rings. The van der Waals surface area contributed by atoms with Gasteiger partial charge in [0.05, 0.1) is 5.41 Å². The molecule has 1 aromatic carbocycles. The lowest BCUT2D eigenvalue weighted by atomic mass is 9.77. The van der Waals surface area contributed by atoms with E-state index in [1.54, 1.807) is 6.20 Å². The monoisotopic (exact) mass is 267 g/mol. The zero-order chi connectivity index (χ0) is 14.0. The van der Waals surface area contributed by atoms with Gasteiger partial charge in [0, 0.05) is 12.4 Å². The summed E-state index contributed by atoms with van der Waals surface area (Å²) in [7, 11) is 0. The molecule has 0 spiro atoms. The highest BCUT2D eigenvalue weighted by molar-refractivity contribution is 5.83. The molecule has 1 aliphatic rings. The van der Waals surface area contributed by atoms with Crippen molar-refractivity contribution in [3.05, 3.63) is 65.5 Å². The first kappa shape index (κ1) is 12.9. The third-order valence-electron chi connectivity index (χ3n) is 4.33. The first-order valence-corrected chi connectivity index (χ1v) is 6.93. The highest BCUT2D eigenvalue weighted by Crippen LogP contribution is 2.42. The number of nitrogens with zero attached hydrogens (tertiary/aromatic N) is 1. The summed E-state index contributed by atoms with van der Waals surface area (Å²) in [5.41, 5.74) is 2.54. The number of hydrogen-bond acceptors (Lipinski definition) is 2. The lowest BCUT2D eigenvalue weighted by molar-refractivity contribution is -0.144. The third kappa shape index (κ3) is 2.09. The van der Waals surface area contributed by atoms with Gasteiger partial charge in [0.1, 0.15) is 0 Å². The fourth-order valence-corrected chi connectivity index (χ4v) is 3.18. The van der Waals surface area contributed by atoms with Crippen molar-refractivity contribution in [2.24, 2.45) is 0 Å². The van der Waals surface area contributed by atoms with Crippen molar-refractivity contribution in [2.45, 2.75) is 31.1 Å². The molecule has 1 aliphatic carbocycles. The SMILES string of the molecule is O=C(O)C1(CCc2cccnc2)CCc2ccccc21. The fourth-order valence-electron chi connectivity index (χ4n) is 3.18. The molecule has 1 atom stereocenters. The van der Waals surface area contributed by atoms with Crippen LogP contribution in [0.15, 0.2) is 48.8 Å². The average molecular weight is 267 g/mol. The van der Waals surface area contributed by atoms with E-state index in [1.807, 2.05) is 42.6 Å². The van der Waals surface area contributed by atoms with Crippen LogP contribution < -0.4 is 0 Å². The van der Waals surface area contributed by atoms with Crippen LogP contribution in [0.4, 0.5) is 0 Å². The maximum Gasteiger partial charge on any atom is 0.314 e. The smallest absolute Gasteiger partial charge is 0.314 e. The summed E-state index contributed by atoms with van der Waals surface area (Å²) in [5, 5.41) is 9.77. The lowest BCUT2D eigenvalue weighted by Crippen LogP contribution is -2.34. The Morgan fingerprint density at radius 1 is 1.25 bits per heavy atom. The van der Waals surface area contributed by atoms with E-state index in [2.05, 4.69) is 4.98 Å². The second-order valence-electron chi connectivity index (χ2n) is 5.41. The van der Waals surface area contributed by atoms with Gasteiger partial charge in [-0.25, -0.2) is 0 Å². The van der Waals surface area contributed by atoms with Crippen molar-refractivity contribution >= 4 is 5.97 Å². The van der Waals surface area contributed by atoms with E-state index in [4.69, 9.17) is 0 Å². The third-order valence-corrected chi connectivity index (χ3v) is 4.33. The second-order valence-corrected chi connectivity index (χ2v) is 5.41. The summed E-state index contributed by atoms with van der Waals surface area (Å²) in [6, 6.07) is 11.8. The number of fused-ring (bicyclic) bond motifs is 1. The Bertz CT molecular complexity index is 624. The predicted octanol–water partition coefficient (Wildman–Crippen LogP) is 2.98. The van der Waals surface area contributed by atoms with Crippen molar-refractivity contribution < 1.29 is 9.90 Å². The van der Waals surface area contributed by atoms with Crippen molar-refractivity contribution in [1.82, 2.24) is 4.98 Å². The van der Waals surface area contributed by atoms with Crippen LogP contribution in [0.2, 0.25) is 0 Å². The van der Waals surface area contributed by atoms with Crippen LogP contribution in [-0.4, -0.2) is 16.1 Å². The number of aliphatic carboxylic acids is 1. The number of hydrogen-bond donors (Lipinski definition) is 1. The molecule has 3 heteroatoms. The number of aromatic nitrogens is 1. The molecule has 1 aromatic heterocycles. The Hall–Kier alpha value is -2.16. The summed E-state index contributed by atoms with van der Waals surface area (Å²) in [5.74, 6) is -0.702. The number of pyridine rings is 1. The van der Waals surface area contributed by atoms with Gasteiger partial charge in [-0.1, -0.05) is 30.3 Å². The van der Waals surface area contributed by atoms with Gasteiger partial charge in [0.15, 0.2) is 0 Å². The maximum absolute atomic E-state index is 11.9. The van der Waals surface area contributed by atoms with Crippen LogP contribution in [-0.2, 0) is 23.1 Å². The number of benzene rings is 1. The normalized spacial score (nSPS) is 20.6. The molecule has 0 aliphatic heterocycles. The van der Waals surface area contributed by atoms with Crippen LogP contribution in [0.1, 0.15) is 29.5 Å². The molecule has 1 unspecified atom stereocenters. The highest BCUT2D eigenvalue weighted by Gasteiger charge is 2.44. The fraction of sp³-hybridized carbons (Fsp3) is 0.294. The molecule has 3 nitrogen and oxygen atoms in total. The van der Waals surface area contributed by atoms with E-state index < -0.39 is 11.4 Å². The summed E-state index contributed by atoms with van der Waals surface area (Å²) in [6.07, 6.45) is 6.48. The van der Waals surface area contributed by atoms with Crippen molar-refractivity contribution in [1.29, 1.82) is 0 Å². The predicted molar refractivity (Wildman–Crippen MR) is 76.6 cm³/mol. The number of rotatable bonds is 4. The van der Waals surface area contributed by atoms with Gasteiger partial charge in [0.2, 0.25) is 0 Å². The van der Waals surface area contributed by atoms with E-state index >= 15 is 0 Å². The van der Waals surface area contributed by atoms with Crippen LogP contribution in [0.5, 0.6) is 0 Å². The standard InChI is InChI=1S/C17H17NO2/c19-16(20)17(9-7-13-4-3-11-18-12-13)10-8-14-5-1-2-6-15(14)17/h1-6,11-12H,7-10H2,(H,19,20). The molecule has 3 rings (SSSR count). The quantitative estimate of drug-likeness (QED) is 0.926. The molecular weight excluding hydrogens is 250 g/mol. The van der Waals surface area contributed by atoms with E-state index in [0.29, 0.717) is 12.8 Å². The van der Waals surface area contributed by atoms with Gasteiger partial charge in [-0.15, -0.1) is 0 Å². The number of carbonyl (C=O) groups is 1. The Morgan fingerprint density at radius 3 is 2.85 bits per heavy atom. The summed E-state index contributed by atoms with van der Waals surface area (Å²) in [6.45, 7) is 0. The first-order chi connectivity index (χ1) is 9.72. The van der Waals surface area contributed by atoms with Gasteiger partial charge in [0.25, 0.3) is 0 Å². The number of carboxylic acid groups (broad SMARTS) is 1. The van der Waals surface area contributed by atoms with Crippen LogP contribution in [0, 0.1) is 0 Å². The summed E-state index contributed by atoms with van der Waals surface area (Å²) >= 11 is 0. The molecule has 0 amide bonds. The topological polar surface area (TPSA) is 50.2 Å². The van der Waals surface area contributed by atoms with Crippen molar-refractivity contribution in [3.8, 4) is 0 Å². The molecule has 102 valence electrons. The van der Waals surface area contributed by atoms with Crippen LogP contribution in [0.25, 0.3) is 0 Å². The Morgan fingerprint density at radius 2 is 2.10 bits per heavy atom. The number of carboxylic acids is 1. The molecule has 0 radical (unpaired) electrons. The number of aryl methyl sites for hydroxylation is 2. The molecule has 0 fully saturated rings. The van der Waals surface area contributed by atoms with E-state index in [-0.39, 0.29) is 0 Å². The maximum atomic E-state index is 11.9. The molecule has 1 heterocycles. The zero-order valence-electron chi connectivity index (χ0n) is 11.2. The van der Waals surface area contributed by atoms with Gasteiger partial charge < -0.3 is 5.11 Å². The zero-order valence-corrected chi connectivity index (χ0v) is 11.2. The Kier molecular flexibility index (Phi) is 3.26. The molecule has 20 heavy (non-hydrogen) atoms. The minimum absolute atomic E-state index is 0.630. The minimum atomic E-state index is -0.730. The molecule has 0 saturated carbocycles. The average Bonchev–Trinajstić information content (AvgIpc) is 2.87. The van der Waals surface area contributed by atoms with Gasteiger partial charge in [-0.05, 0) is 48.4 Å². The van der Waals surface area contributed by atoms with Gasteiger partial charge in [-0.3, -0.25) is 9.78 Å². The van der Waals surface area contributed by atoms with Gasteiger partial charge >= 0.3 is 5.97 Å². The van der Waals surface area contributed by atoms with Crippen LogP contribution in [0.3, 0.4) is 0 Å². The van der Waals surface area contributed by atoms with E-state index in [0.717, 1.165) is 24.0 Å². The van der Waals surface area contributed by atoms with Crippen LogP contribution >= 0.6 is 0 Å². The molecule has 0 bridgehead atoms. The summed E-state index contributed by atoms with van der Waals surface area (Å²) in [4.78, 5) is 16.0. The van der Waals surface area contributed by atoms with Crippen molar-refractivity contribution in [2.75, 3.05) is 0 Å². The Balaban J connectivity index is 1.89. The minimum Gasteiger partial charge on any atom is -0.481 e. The molecule has 0 saturated heterocycles. The van der Waals surface area contributed by atoms with E-state index in [9.17, 15) is 9.90 Å². The molecular formula is C17H17NO2. The molecule has 1 N–H and O–H groups in total. The highest BCUT2D eigenvalue weighted by atomic mass is 16.4. The lowest BCUT2D eigenvalue weighted by Gasteiger charge is -2.25. The Labute approximate surface area is 118 Å². The second kappa shape index (κ2) is 5.08.